The number of fused-ring (bicyclic) bond motifs is 1. The first-order valence-electron chi connectivity index (χ1n) is 7.43. The van der Waals surface area contributed by atoms with E-state index in [1.165, 1.54) is 17.5 Å². The topological polar surface area (TPSA) is 35.6 Å². The molecule has 0 aliphatic carbocycles. The Hall–Kier alpha value is -1.39. The van der Waals surface area contributed by atoms with Crippen LogP contribution in [-0.2, 0) is 13.1 Å². The van der Waals surface area contributed by atoms with Crippen LogP contribution in [0.25, 0.3) is 0 Å². The lowest BCUT2D eigenvalue weighted by Gasteiger charge is -2.36. The largest absolute Gasteiger partial charge is 0.337 e. The van der Waals surface area contributed by atoms with Crippen LogP contribution in [-0.4, -0.2) is 48.9 Å². The molecular formula is C16H23N3O. The van der Waals surface area contributed by atoms with Crippen molar-refractivity contribution in [3.8, 4) is 0 Å². The van der Waals surface area contributed by atoms with Gasteiger partial charge in [0, 0.05) is 38.3 Å². The van der Waals surface area contributed by atoms with Crippen LogP contribution < -0.4 is 5.32 Å². The van der Waals surface area contributed by atoms with Gasteiger partial charge in [0.1, 0.15) is 0 Å². The van der Waals surface area contributed by atoms with Gasteiger partial charge in [-0.15, -0.1) is 0 Å². The lowest BCUT2D eigenvalue weighted by Crippen LogP contribution is -2.47. The molecule has 1 N–H and O–H groups in total. The second-order valence-electron chi connectivity index (χ2n) is 6.06. The number of benzene rings is 1. The molecule has 0 spiro atoms. The molecule has 1 aromatic rings. The summed E-state index contributed by atoms with van der Waals surface area (Å²) in [6.45, 7) is 3.93. The maximum Gasteiger partial charge on any atom is 0.253 e. The highest BCUT2D eigenvalue weighted by molar-refractivity contribution is 5.94. The minimum absolute atomic E-state index is 0.153. The molecule has 1 amide bonds. The standard InChI is InChI=1S/C16H23N3O/c1-18-7-3-4-15(11-18)19(2)16(20)12-5-6-13-9-17-10-14(13)8-12/h5-6,8,15,17H,3-4,7,9-11H2,1-2H3. The Morgan fingerprint density at radius 2 is 2.15 bits per heavy atom. The highest BCUT2D eigenvalue weighted by Gasteiger charge is 2.25. The number of amides is 1. The van der Waals surface area contributed by atoms with Gasteiger partial charge in [0.15, 0.2) is 0 Å². The number of nitrogens with one attached hydrogen (secondary N) is 1. The Morgan fingerprint density at radius 1 is 1.35 bits per heavy atom. The third-order valence-corrected chi connectivity index (χ3v) is 4.55. The normalized spacial score (nSPS) is 22.6. The monoisotopic (exact) mass is 273 g/mol. The molecule has 0 aromatic heterocycles. The lowest BCUT2D eigenvalue weighted by molar-refractivity contribution is 0.0644. The minimum atomic E-state index is 0.153. The van der Waals surface area contributed by atoms with E-state index in [4.69, 9.17) is 0 Å². The van der Waals surface area contributed by atoms with E-state index < -0.39 is 0 Å². The van der Waals surface area contributed by atoms with Gasteiger partial charge in [0.25, 0.3) is 5.91 Å². The van der Waals surface area contributed by atoms with Crippen LogP contribution in [0, 0.1) is 0 Å². The molecule has 4 nitrogen and oxygen atoms in total. The van der Waals surface area contributed by atoms with Gasteiger partial charge in [0.05, 0.1) is 0 Å². The fourth-order valence-corrected chi connectivity index (χ4v) is 3.25. The maximum atomic E-state index is 12.6. The van der Waals surface area contributed by atoms with Gasteiger partial charge in [0.2, 0.25) is 0 Å². The third-order valence-electron chi connectivity index (χ3n) is 4.55. The van der Waals surface area contributed by atoms with Crippen LogP contribution in [0.3, 0.4) is 0 Å². The number of hydrogen-bond acceptors (Lipinski definition) is 3. The molecule has 20 heavy (non-hydrogen) atoms. The van der Waals surface area contributed by atoms with Crippen molar-refractivity contribution in [2.45, 2.75) is 32.0 Å². The minimum Gasteiger partial charge on any atom is -0.337 e. The summed E-state index contributed by atoms with van der Waals surface area (Å²) in [5.41, 5.74) is 3.41. The Bertz CT molecular complexity index is 514. The van der Waals surface area contributed by atoms with E-state index in [9.17, 15) is 4.79 Å². The fourth-order valence-electron chi connectivity index (χ4n) is 3.25. The van der Waals surface area contributed by atoms with Crippen LogP contribution in [0.2, 0.25) is 0 Å². The molecule has 1 atom stereocenters. The number of piperidine rings is 1. The number of carbonyl (C=O) groups excluding carboxylic acids is 1. The third kappa shape index (κ3) is 2.58. The van der Waals surface area contributed by atoms with E-state index in [0.717, 1.165) is 38.2 Å². The number of likely N-dealkylation sites (N-methyl/N-ethyl adjacent to an activating group) is 2. The Morgan fingerprint density at radius 3 is 2.95 bits per heavy atom. The molecular weight excluding hydrogens is 250 g/mol. The molecule has 1 unspecified atom stereocenters. The molecule has 0 saturated carbocycles. The van der Waals surface area contributed by atoms with E-state index >= 15 is 0 Å². The molecule has 108 valence electrons. The smallest absolute Gasteiger partial charge is 0.253 e. The van der Waals surface area contributed by atoms with Crippen molar-refractivity contribution in [3.05, 3.63) is 34.9 Å². The van der Waals surface area contributed by atoms with Gasteiger partial charge < -0.3 is 15.1 Å². The van der Waals surface area contributed by atoms with Crippen molar-refractivity contribution in [2.75, 3.05) is 27.2 Å². The zero-order chi connectivity index (χ0) is 14.1. The summed E-state index contributed by atoms with van der Waals surface area (Å²) in [5.74, 6) is 0.153. The SMILES string of the molecule is CN1CCCC(N(C)C(=O)c2ccc3c(c2)CNC3)C1. The number of likely N-dealkylation sites (tertiary alicyclic amines) is 1. The summed E-state index contributed by atoms with van der Waals surface area (Å²) in [4.78, 5) is 16.9. The van der Waals surface area contributed by atoms with Crippen molar-refractivity contribution in [1.29, 1.82) is 0 Å². The van der Waals surface area contributed by atoms with Gasteiger partial charge in [-0.3, -0.25) is 4.79 Å². The average Bonchev–Trinajstić information content (AvgIpc) is 2.93. The van der Waals surface area contributed by atoms with Gasteiger partial charge >= 0.3 is 0 Å². The number of hydrogen-bond donors (Lipinski definition) is 1. The predicted octanol–water partition coefficient (Wildman–Crippen LogP) is 1.46. The van der Waals surface area contributed by atoms with Crippen molar-refractivity contribution >= 4 is 5.91 Å². The summed E-state index contributed by atoms with van der Waals surface area (Å²) in [5, 5.41) is 3.32. The van der Waals surface area contributed by atoms with Gasteiger partial charge in [-0.05, 0) is 49.7 Å². The zero-order valence-corrected chi connectivity index (χ0v) is 12.4. The van der Waals surface area contributed by atoms with Crippen LogP contribution in [0.5, 0.6) is 0 Å². The van der Waals surface area contributed by atoms with E-state index in [2.05, 4.69) is 29.4 Å². The molecule has 2 aliphatic heterocycles. The summed E-state index contributed by atoms with van der Waals surface area (Å²) >= 11 is 0. The molecule has 2 heterocycles. The van der Waals surface area contributed by atoms with Crippen molar-refractivity contribution in [2.24, 2.45) is 0 Å². The molecule has 2 aliphatic rings. The van der Waals surface area contributed by atoms with Gasteiger partial charge in [-0.2, -0.15) is 0 Å². The maximum absolute atomic E-state index is 12.6. The summed E-state index contributed by atoms with van der Waals surface area (Å²) in [7, 11) is 4.07. The second-order valence-corrected chi connectivity index (χ2v) is 6.06. The molecule has 4 heteroatoms. The summed E-state index contributed by atoms with van der Waals surface area (Å²) < 4.78 is 0. The van der Waals surface area contributed by atoms with Gasteiger partial charge in [-0.25, -0.2) is 0 Å². The molecule has 1 aromatic carbocycles. The Labute approximate surface area is 120 Å². The Kier molecular flexibility index (Phi) is 3.76. The van der Waals surface area contributed by atoms with Crippen LogP contribution in [0.4, 0.5) is 0 Å². The summed E-state index contributed by atoms with van der Waals surface area (Å²) in [6, 6.07) is 6.45. The van der Waals surface area contributed by atoms with Crippen LogP contribution in [0.1, 0.15) is 34.3 Å². The van der Waals surface area contributed by atoms with Crippen molar-refractivity contribution in [3.63, 3.8) is 0 Å². The Balaban J connectivity index is 1.74. The van der Waals surface area contributed by atoms with E-state index in [1.807, 2.05) is 18.0 Å². The predicted molar refractivity (Wildman–Crippen MR) is 79.6 cm³/mol. The molecule has 0 radical (unpaired) electrons. The first kappa shape index (κ1) is 13.6. The fraction of sp³-hybridized carbons (Fsp3) is 0.562. The lowest BCUT2D eigenvalue weighted by atomic mass is 10.0. The number of carbonyl (C=O) groups is 1. The highest BCUT2D eigenvalue weighted by Crippen LogP contribution is 2.20. The van der Waals surface area contributed by atoms with Gasteiger partial charge in [-0.1, -0.05) is 6.07 Å². The van der Waals surface area contributed by atoms with E-state index in [0.29, 0.717) is 6.04 Å². The van der Waals surface area contributed by atoms with E-state index in [1.54, 1.807) is 0 Å². The number of rotatable bonds is 2. The number of nitrogens with zero attached hydrogens (tertiary/aromatic N) is 2. The van der Waals surface area contributed by atoms with Crippen molar-refractivity contribution < 1.29 is 4.79 Å². The summed E-state index contributed by atoms with van der Waals surface area (Å²) in [6.07, 6.45) is 2.28. The second kappa shape index (κ2) is 5.54. The first-order chi connectivity index (χ1) is 9.65. The van der Waals surface area contributed by atoms with Crippen LogP contribution in [0.15, 0.2) is 18.2 Å². The highest BCUT2D eigenvalue weighted by atomic mass is 16.2. The van der Waals surface area contributed by atoms with Crippen molar-refractivity contribution in [1.82, 2.24) is 15.1 Å². The molecule has 1 saturated heterocycles. The average molecular weight is 273 g/mol. The molecule has 0 bridgehead atoms. The van der Waals surface area contributed by atoms with E-state index in [-0.39, 0.29) is 5.91 Å². The molecule has 3 rings (SSSR count). The quantitative estimate of drug-likeness (QED) is 0.886. The molecule has 1 fully saturated rings. The zero-order valence-electron chi connectivity index (χ0n) is 12.4. The first-order valence-corrected chi connectivity index (χ1v) is 7.43. The van der Waals surface area contributed by atoms with Crippen LogP contribution >= 0.6 is 0 Å².